The zero-order chi connectivity index (χ0) is 19.0. The maximum Gasteiger partial charge on any atom is 0.389 e. The Morgan fingerprint density at radius 2 is 2.04 bits per heavy atom. The Hall–Kier alpha value is -2.12. The van der Waals surface area contributed by atoms with E-state index in [9.17, 15) is 22.4 Å². The first-order valence-electron chi connectivity index (χ1n) is 7.83. The first-order valence-corrected chi connectivity index (χ1v) is 7.83. The van der Waals surface area contributed by atoms with Gasteiger partial charge in [-0.15, -0.1) is 0 Å². The monoisotopic (exact) mass is 363 g/mol. The Bertz CT molecular complexity index is 590. The van der Waals surface area contributed by atoms with Gasteiger partial charge in [-0.05, 0) is 42.9 Å². The number of benzene rings is 1. The van der Waals surface area contributed by atoms with E-state index in [1.807, 2.05) is 6.07 Å². The number of alkyl halides is 3. The molecule has 140 valence electrons. The highest BCUT2D eigenvalue weighted by Crippen LogP contribution is 2.25. The molecule has 0 bridgehead atoms. The Balaban J connectivity index is 0.000000970. The van der Waals surface area contributed by atoms with Gasteiger partial charge in [0, 0.05) is 19.5 Å². The molecule has 8 heteroatoms. The van der Waals surface area contributed by atoms with Crippen LogP contribution in [0.15, 0.2) is 18.2 Å². The smallest absolute Gasteiger partial charge is 0.389 e. The highest BCUT2D eigenvalue weighted by molar-refractivity contribution is 5.76. The zero-order valence-electron chi connectivity index (χ0n) is 13.9. The molecule has 1 aromatic rings. The molecule has 25 heavy (non-hydrogen) atoms. The van der Waals surface area contributed by atoms with Gasteiger partial charge in [-0.25, -0.2) is 4.39 Å². The maximum absolute atomic E-state index is 13.5. The molecule has 4 nitrogen and oxygen atoms in total. The maximum atomic E-state index is 13.5. The van der Waals surface area contributed by atoms with E-state index >= 15 is 0 Å². The average molecular weight is 363 g/mol. The van der Waals surface area contributed by atoms with Gasteiger partial charge in [0.05, 0.1) is 6.42 Å². The summed E-state index contributed by atoms with van der Waals surface area (Å²) in [5.41, 5.74) is 1.44. The molecule has 0 aromatic heterocycles. The molecular weight excluding hydrogens is 342 g/mol. The van der Waals surface area contributed by atoms with Crippen molar-refractivity contribution in [3.63, 3.8) is 0 Å². The minimum Gasteiger partial charge on any atom is -0.483 e. The number of nitrogens with zero attached hydrogens (tertiary/aromatic N) is 1. The van der Waals surface area contributed by atoms with E-state index in [2.05, 4.69) is 0 Å². The summed E-state index contributed by atoms with van der Waals surface area (Å²) in [6.07, 6.45) is -4.48. The fourth-order valence-electron chi connectivity index (χ4n) is 2.73. The van der Waals surface area contributed by atoms with E-state index in [1.54, 1.807) is 13.0 Å². The van der Waals surface area contributed by atoms with Gasteiger partial charge in [0.25, 0.3) is 6.47 Å². The topological polar surface area (TPSA) is 57.6 Å². The van der Waals surface area contributed by atoms with Crippen LogP contribution < -0.4 is 0 Å². The van der Waals surface area contributed by atoms with Crippen LogP contribution in [0.25, 0.3) is 0 Å². The standard InChI is InChI=1S/C16H19F4NO.CH2O2/c1-11-2-3-12(9-14(11)17)8-13-5-7-21(10-13)15(22)4-6-16(18,19)20;2-1-3/h2-3,9,13H,4-8,10H2,1H3;1H,(H,2,3). The number of hydrogen-bond donors (Lipinski definition) is 1. The lowest BCUT2D eigenvalue weighted by Gasteiger charge is -2.17. The number of halogens is 4. The van der Waals surface area contributed by atoms with E-state index < -0.39 is 24.9 Å². The van der Waals surface area contributed by atoms with E-state index in [1.165, 1.54) is 11.0 Å². The molecule has 2 rings (SSSR count). The fraction of sp³-hybridized carbons (Fsp3) is 0.529. The van der Waals surface area contributed by atoms with Crippen LogP contribution in [0.1, 0.15) is 30.4 Å². The molecule has 1 amide bonds. The summed E-state index contributed by atoms with van der Waals surface area (Å²) in [4.78, 5) is 21.6. The predicted octanol–water partition coefficient (Wildman–Crippen LogP) is 3.57. The van der Waals surface area contributed by atoms with Crippen molar-refractivity contribution in [1.82, 2.24) is 4.90 Å². The van der Waals surface area contributed by atoms with Gasteiger partial charge in [0.1, 0.15) is 5.82 Å². The van der Waals surface area contributed by atoms with Crippen LogP contribution in [-0.4, -0.2) is 41.7 Å². The van der Waals surface area contributed by atoms with Crippen LogP contribution in [0.5, 0.6) is 0 Å². The van der Waals surface area contributed by atoms with Crippen molar-refractivity contribution >= 4 is 12.4 Å². The van der Waals surface area contributed by atoms with Crippen molar-refractivity contribution in [3.05, 3.63) is 35.1 Å². The summed E-state index contributed by atoms with van der Waals surface area (Å²) in [6.45, 7) is 2.37. The van der Waals surface area contributed by atoms with Gasteiger partial charge in [0.2, 0.25) is 5.91 Å². The quantitative estimate of drug-likeness (QED) is 0.657. The zero-order valence-corrected chi connectivity index (χ0v) is 13.9. The SMILES string of the molecule is Cc1ccc(CC2CCN(C(=O)CCC(F)(F)F)C2)cc1F.O=CO. The van der Waals surface area contributed by atoms with Gasteiger partial charge in [0.15, 0.2) is 0 Å². The van der Waals surface area contributed by atoms with Gasteiger partial charge in [-0.1, -0.05) is 12.1 Å². The Morgan fingerprint density at radius 3 is 2.60 bits per heavy atom. The van der Waals surface area contributed by atoms with Crippen molar-refractivity contribution in [2.24, 2.45) is 5.92 Å². The highest BCUT2D eigenvalue weighted by Gasteiger charge is 2.31. The summed E-state index contributed by atoms with van der Waals surface area (Å²) in [5, 5.41) is 6.89. The van der Waals surface area contributed by atoms with Crippen LogP contribution in [0.4, 0.5) is 17.6 Å². The third-order valence-corrected chi connectivity index (χ3v) is 4.02. The van der Waals surface area contributed by atoms with Crippen LogP contribution in [0, 0.1) is 18.7 Å². The van der Waals surface area contributed by atoms with Crippen molar-refractivity contribution < 1.29 is 32.3 Å². The lowest BCUT2D eigenvalue weighted by molar-refractivity contribution is -0.148. The summed E-state index contributed by atoms with van der Waals surface area (Å²) in [6, 6.07) is 5.06. The number of rotatable bonds is 4. The van der Waals surface area contributed by atoms with Gasteiger partial charge < -0.3 is 10.0 Å². The van der Waals surface area contributed by atoms with E-state index in [0.717, 1.165) is 12.0 Å². The Labute approximate surface area is 143 Å². The van der Waals surface area contributed by atoms with Crippen LogP contribution >= 0.6 is 0 Å². The second-order valence-electron chi connectivity index (χ2n) is 6.00. The fourth-order valence-corrected chi connectivity index (χ4v) is 2.73. The average Bonchev–Trinajstić information content (AvgIpc) is 2.97. The molecule has 1 aromatic carbocycles. The second-order valence-corrected chi connectivity index (χ2v) is 6.00. The normalized spacial score (nSPS) is 17.0. The minimum absolute atomic E-state index is 0.178. The molecule has 1 saturated heterocycles. The summed E-state index contributed by atoms with van der Waals surface area (Å²) >= 11 is 0. The second kappa shape index (κ2) is 9.39. The van der Waals surface area contributed by atoms with Crippen LogP contribution in [0.3, 0.4) is 0 Å². The van der Waals surface area contributed by atoms with Gasteiger partial charge in [-0.3, -0.25) is 9.59 Å². The molecule has 1 fully saturated rings. The van der Waals surface area contributed by atoms with E-state index in [-0.39, 0.29) is 18.2 Å². The van der Waals surface area contributed by atoms with Gasteiger partial charge >= 0.3 is 6.18 Å². The summed E-state index contributed by atoms with van der Waals surface area (Å²) in [5.74, 6) is -0.527. The van der Waals surface area contributed by atoms with Crippen LogP contribution in [0.2, 0.25) is 0 Å². The molecule has 0 spiro atoms. The predicted molar refractivity (Wildman–Crippen MR) is 83.5 cm³/mol. The molecule has 0 radical (unpaired) electrons. The Kier molecular flexibility index (Phi) is 7.86. The van der Waals surface area contributed by atoms with Crippen molar-refractivity contribution in [3.8, 4) is 0 Å². The molecule has 1 unspecified atom stereocenters. The molecule has 1 heterocycles. The molecule has 1 aliphatic rings. The van der Waals surface area contributed by atoms with Crippen molar-refractivity contribution in [1.29, 1.82) is 0 Å². The molecule has 1 aliphatic heterocycles. The number of likely N-dealkylation sites (tertiary alicyclic amines) is 1. The lowest BCUT2D eigenvalue weighted by atomic mass is 9.98. The highest BCUT2D eigenvalue weighted by atomic mass is 19.4. The van der Waals surface area contributed by atoms with Crippen molar-refractivity contribution in [2.75, 3.05) is 13.1 Å². The number of carbonyl (C=O) groups is 2. The third kappa shape index (κ3) is 7.53. The molecular formula is C17H21F4NO3. The van der Waals surface area contributed by atoms with Crippen LogP contribution in [-0.2, 0) is 16.0 Å². The number of carbonyl (C=O) groups excluding carboxylic acids is 1. The number of carboxylic acid groups (broad SMARTS) is 1. The number of aryl methyl sites for hydroxylation is 1. The number of hydrogen-bond acceptors (Lipinski definition) is 2. The molecule has 0 aliphatic carbocycles. The van der Waals surface area contributed by atoms with E-state index in [4.69, 9.17) is 9.90 Å². The van der Waals surface area contributed by atoms with Gasteiger partial charge in [-0.2, -0.15) is 13.2 Å². The van der Waals surface area contributed by atoms with E-state index in [0.29, 0.717) is 25.1 Å². The molecule has 1 atom stereocenters. The van der Waals surface area contributed by atoms with Crippen molar-refractivity contribution in [2.45, 2.75) is 38.8 Å². The number of amides is 1. The Morgan fingerprint density at radius 1 is 1.40 bits per heavy atom. The summed E-state index contributed by atoms with van der Waals surface area (Å²) < 4.78 is 49.9. The third-order valence-electron chi connectivity index (χ3n) is 4.02. The minimum atomic E-state index is -4.30. The molecule has 1 N–H and O–H groups in total. The first kappa shape index (κ1) is 20.9. The summed E-state index contributed by atoms with van der Waals surface area (Å²) in [7, 11) is 0. The molecule has 0 saturated carbocycles. The lowest BCUT2D eigenvalue weighted by Crippen LogP contribution is -2.29. The first-order chi connectivity index (χ1) is 11.7. The largest absolute Gasteiger partial charge is 0.483 e.